The van der Waals surface area contributed by atoms with E-state index < -0.39 is 11.9 Å². The maximum absolute atomic E-state index is 13.2. The van der Waals surface area contributed by atoms with Crippen LogP contribution in [-0.4, -0.2) is 5.11 Å². The van der Waals surface area contributed by atoms with Crippen LogP contribution < -0.4 is 0 Å². The standard InChI is InChI=1S/C13H8Cl3FO/c14-8-3-7(4-9(15)5-8)13(18)11-6-10(17)1-2-12(11)16/h1-6,13,18H. The van der Waals surface area contributed by atoms with Gasteiger partial charge in [0.2, 0.25) is 0 Å². The van der Waals surface area contributed by atoms with E-state index in [4.69, 9.17) is 34.8 Å². The number of aliphatic hydroxyl groups excluding tert-OH is 1. The van der Waals surface area contributed by atoms with Crippen molar-refractivity contribution in [3.8, 4) is 0 Å². The molecule has 1 unspecified atom stereocenters. The van der Waals surface area contributed by atoms with Crippen LogP contribution in [-0.2, 0) is 0 Å². The molecule has 0 amide bonds. The molecule has 0 saturated carbocycles. The zero-order chi connectivity index (χ0) is 13.3. The Bertz CT molecular complexity index is 566. The van der Waals surface area contributed by atoms with Crippen LogP contribution in [0.3, 0.4) is 0 Å². The Hall–Kier alpha value is -0.800. The predicted octanol–water partition coefficient (Wildman–Crippen LogP) is 4.87. The first kappa shape index (κ1) is 13.6. The van der Waals surface area contributed by atoms with Crippen LogP contribution in [0.15, 0.2) is 36.4 Å². The molecule has 5 heteroatoms. The van der Waals surface area contributed by atoms with Crippen LogP contribution in [0.1, 0.15) is 17.2 Å². The zero-order valence-corrected chi connectivity index (χ0v) is 11.3. The minimum absolute atomic E-state index is 0.273. The molecule has 0 aliphatic carbocycles. The zero-order valence-electron chi connectivity index (χ0n) is 9.00. The lowest BCUT2D eigenvalue weighted by molar-refractivity contribution is 0.220. The van der Waals surface area contributed by atoms with E-state index in [9.17, 15) is 9.50 Å². The number of aliphatic hydroxyl groups is 1. The number of halogens is 4. The Morgan fingerprint density at radius 1 is 0.944 bits per heavy atom. The first-order valence-corrected chi connectivity index (χ1v) is 6.20. The molecule has 0 radical (unpaired) electrons. The Morgan fingerprint density at radius 3 is 2.17 bits per heavy atom. The van der Waals surface area contributed by atoms with Crippen molar-refractivity contribution in [3.05, 3.63) is 68.4 Å². The summed E-state index contributed by atoms with van der Waals surface area (Å²) in [5.74, 6) is -0.471. The van der Waals surface area contributed by atoms with Gasteiger partial charge >= 0.3 is 0 Å². The van der Waals surface area contributed by atoms with E-state index in [1.165, 1.54) is 18.2 Å². The van der Waals surface area contributed by atoms with Crippen molar-refractivity contribution < 1.29 is 9.50 Å². The molecule has 2 aromatic rings. The van der Waals surface area contributed by atoms with Crippen molar-refractivity contribution in [2.45, 2.75) is 6.10 Å². The molecule has 0 fully saturated rings. The second-order valence-electron chi connectivity index (χ2n) is 3.77. The average Bonchev–Trinajstić information content (AvgIpc) is 2.30. The molecule has 2 rings (SSSR count). The lowest BCUT2D eigenvalue weighted by atomic mass is 10.0. The third-order valence-corrected chi connectivity index (χ3v) is 3.23. The average molecular weight is 306 g/mol. The SMILES string of the molecule is OC(c1cc(Cl)cc(Cl)c1)c1cc(F)ccc1Cl. The summed E-state index contributed by atoms with van der Waals surface area (Å²) in [6.45, 7) is 0. The van der Waals surface area contributed by atoms with Gasteiger partial charge in [-0.05, 0) is 42.0 Å². The summed E-state index contributed by atoms with van der Waals surface area (Å²) in [5.41, 5.74) is 0.731. The molecule has 0 aliphatic rings. The van der Waals surface area contributed by atoms with Crippen molar-refractivity contribution in [2.24, 2.45) is 0 Å². The first-order valence-electron chi connectivity index (χ1n) is 5.06. The second kappa shape index (κ2) is 5.45. The van der Waals surface area contributed by atoms with E-state index in [0.29, 0.717) is 15.6 Å². The van der Waals surface area contributed by atoms with Crippen LogP contribution in [0.25, 0.3) is 0 Å². The van der Waals surface area contributed by atoms with Crippen molar-refractivity contribution in [1.82, 2.24) is 0 Å². The lowest BCUT2D eigenvalue weighted by Gasteiger charge is -2.14. The van der Waals surface area contributed by atoms with E-state index in [1.54, 1.807) is 18.2 Å². The summed E-state index contributed by atoms with van der Waals surface area (Å²) >= 11 is 17.6. The number of rotatable bonds is 2. The third-order valence-electron chi connectivity index (χ3n) is 2.45. The number of hydrogen-bond donors (Lipinski definition) is 1. The molecule has 1 atom stereocenters. The van der Waals surface area contributed by atoms with Gasteiger partial charge in [0.15, 0.2) is 0 Å². The van der Waals surface area contributed by atoms with Gasteiger partial charge in [0.05, 0.1) is 0 Å². The quantitative estimate of drug-likeness (QED) is 0.839. The molecular weight excluding hydrogens is 297 g/mol. The van der Waals surface area contributed by atoms with Gasteiger partial charge in [0.1, 0.15) is 11.9 Å². The Balaban J connectivity index is 2.47. The smallest absolute Gasteiger partial charge is 0.123 e. The van der Waals surface area contributed by atoms with Gasteiger partial charge in [-0.25, -0.2) is 4.39 Å². The minimum atomic E-state index is -1.08. The molecule has 0 bridgehead atoms. The summed E-state index contributed by atoms with van der Waals surface area (Å²) in [7, 11) is 0. The molecule has 0 aliphatic heterocycles. The van der Waals surface area contributed by atoms with Gasteiger partial charge in [-0.15, -0.1) is 0 Å². The van der Waals surface area contributed by atoms with Gasteiger partial charge < -0.3 is 5.11 Å². The van der Waals surface area contributed by atoms with Gasteiger partial charge in [-0.1, -0.05) is 34.8 Å². The van der Waals surface area contributed by atoms with Crippen LogP contribution in [0, 0.1) is 5.82 Å². The molecule has 94 valence electrons. The fourth-order valence-electron chi connectivity index (χ4n) is 1.64. The van der Waals surface area contributed by atoms with Gasteiger partial charge in [0, 0.05) is 20.6 Å². The Kier molecular flexibility index (Phi) is 4.13. The molecule has 0 spiro atoms. The Morgan fingerprint density at radius 2 is 1.56 bits per heavy atom. The fraction of sp³-hybridized carbons (Fsp3) is 0.0769. The summed E-state index contributed by atoms with van der Waals surface area (Å²) in [5, 5.41) is 11.2. The minimum Gasteiger partial charge on any atom is -0.384 e. The molecule has 2 aromatic carbocycles. The summed E-state index contributed by atoms with van der Waals surface area (Å²) in [6.07, 6.45) is -1.08. The van der Waals surface area contributed by atoms with Crippen LogP contribution >= 0.6 is 34.8 Å². The van der Waals surface area contributed by atoms with E-state index in [2.05, 4.69) is 0 Å². The number of benzene rings is 2. The van der Waals surface area contributed by atoms with E-state index in [-0.39, 0.29) is 10.6 Å². The lowest BCUT2D eigenvalue weighted by Crippen LogP contribution is -2.01. The van der Waals surface area contributed by atoms with Crippen molar-refractivity contribution in [2.75, 3.05) is 0 Å². The summed E-state index contributed by atoms with van der Waals surface area (Å²) < 4.78 is 13.2. The van der Waals surface area contributed by atoms with E-state index >= 15 is 0 Å². The molecule has 1 N–H and O–H groups in total. The molecular formula is C13H8Cl3FO. The summed E-state index contributed by atoms with van der Waals surface area (Å²) in [6, 6.07) is 8.46. The molecule has 0 saturated heterocycles. The molecule has 0 aromatic heterocycles. The highest BCUT2D eigenvalue weighted by molar-refractivity contribution is 6.34. The number of hydrogen-bond acceptors (Lipinski definition) is 1. The monoisotopic (exact) mass is 304 g/mol. The van der Waals surface area contributed by atoms with Crippen molar-refractivity contribution in [1.29, 1.82) is 0 Å². The van der Waals surface area contributed by atoms with Crippen LogP contribution in [0.5, 0.6) is 0 Å². The molecule has 0 heterocycles. The maximum atomic E-state index is 13.2. The van der Waals surface area contributed by atoms with Gasteiger partial charge in [-0.3, -0.25) is 0 Å². The van der Waals surface area contributed by atoms with Gasteiger partial charge in [0.25, 0.3) is 0 Å². The highest BCUT2D eigenvalue weighted by Gasteiger charge is 2.16. The fourth-order valence-corrected chi connectivity index (χ4v) is 2.40. The summed E-state index contributed by atoms with van der Waals surface area (Å²) in [4.78, 5) is 0. The molecule has 1 nitrogen and oxygen atoms in total. The topological polar surface area (TPSA) is 20.2 Å². The van der Waals surface area contributed by atoms with Crippen LogP contribution in [0.4, 0.5) is 4.39 Å². The van der Waals surface area contributed by atoms with Crippen LogP contribution in [0.2, 0.25) is 15.1 Å². The largest absolute Gasteiger partial charge is 0.384 e. The predicted molar refractivity (Wildman–Crippen MR) is 71.9 cm³/mol. The first-order chi connectivity index (χ1) is 8.47. The van der Waals surface area contributed by atoms with Crippen molar-refractivity contribution >= 4 is 34.8 Å². The van der Waals surface area contributed by atoms with Crippen molar-refractivity contribution in [3.63, 3.8) is 0 Å². The van der Waals surface area contributed by atoms with E-state index in [1.807, 2.05) is 0 Å². The normalized spacial score (nSPS) is 12.5. The molecule has 18 heavy (non-hydrogen) atoms. The van der Waals surface area contributed by atoms with E-state index in [0.717, 1.165) is 0 Å². The third kappa shape index (κ3) is 2.96. The maximum Gasteiger partial charge on any atom is 0.123 e. The van der Waals surface area contributed by atoms with Gasteiger partial charge in [-0.2, -0.15) is 0 Å². The highest BCUT2D eigenvalue weighted by atomic mass is 35.5. The Labute approximate surface area is 119 Å². The second-order valence-corrected chi connectivity index (χ2v) is 5.05. The highest BCUT2D eigenvalue weighted by Crippen LogP contribution is 2.31.